The summed E-state index contributed by atoms with van der Waals surface area (Å²) in [6, 6.07) is -0.616. The SMILES string of the molecule is O=C1NN=CC(=N[C@@H](CO)COCCC(=O)N2CCN(c3ncc(C(F)(F)F)cn3)CC2)C1Br. The average molecular weight is 550 g/mol. The third kappa shape index (κ3) is 6.93. The Labute approximate surface area is 201 Å². The minimum atomic E-state index is -4.49. The van der Waals surface area contributed by atoms with Gasteiger partial charge < -0.3 is 19.6 Å². The molecule has 0 spiro atoms. The molecule has 0 aromatic carbocycles. The van der Waals surface area contributed by atoms with Gasteiger partial charge in [-0.1, -0.05) is 15.9 Å². The number of alkyl halides is 4. The van der Waals surface area contributed by atoms with E-state index in [1.54, 1.807) is 9.80 Å². The van der Waals surface area contributed by atoms with Crippen LogP contribution in [0.15, 0.2) is 22.5 Å². The van der Waals surface area contributed by atoms with E-state index < -0.39 is 22.6 Å². The summed E-state index contributed by atoms with van der Waals surface area (Å²) in [5, 5.41) is 13.2. The number of piperazine rings is 1. The summed E-state index contributed by atoms with van der Waals surface area (Å²) in [5.41, 5.74) is 1.73. The first-order chi connectivity index (χ1) is 16.2. The van der Waals surface area contributed by atoms with Gasteiger partial charge in [0, 0.05) is 38.6 Å². The molecule has 3 heterocycles. The molecule has 1 aromatic heterocycles. The number of hydrogen-bond donors (Lipinski definition) is 2. The van der Waals surface area contributed by atoms with Crippen LogP contribution in [0, 0.1) is 0 Å². The summed E-state index contributed by atoms with van der Waals surface area (Å²) >= 11 is 3.19. The predicted octanol–water partition coefficient (Wildman–Crippen LogP) is 0.232. The number of halogens is 4. The highest BCUT2D eigenvalue weighted by molar-refractivity contribution is 9.10. The molecular weight excluding hydrogens is 527 g/mol. The first kappa shape index (κ1) is 26.0. The molecule has 1 fully saturated rings. The number of carbonyl (C=O) groups is 2. The first-order valence-electron chi connectivity index (χ1n) is 10.3. The van der Waals surface area contributed by atoms with Crippen molar-refractivity contribution in [3.63, 3.8) is 0 Å². The standard InChI is InChI=1S/C19H23BrF3N7O4/c20-16-14(9-26-28-17(16)33)27-13(10-31)11-34-6-1-15(32)29-2-4-30(5-3-29)18-24-7-12(8-25-18)19(21,22)23/h7-9,13,16,31H,1-6,10-11H2,(H,28,33)/t13-,16?/m0/s1. The molecule has 0 bridgehead atoms. The highest BCUT2D eigenvalue weighted by Crippen LogP contribution is 2.28. The minimum Gasteiger partial charge on any atom is -0.394 e. The van der Waals surface area contributed by atoms with E-state index in [0.717, 1.165) is 12.4 Å². The summed E-state index contributed by atoms with van der Waals surface area (Å²) in [6.07, 6.45) is -1.50. The average Bonchev–Trinajstić information content (AvgIpc) is 2.83. The van der Waals surface area contributed by atoms with Gasteiger partial charge in [-0.3, -0.25) is 14.6 Å². The van der Waals surface area contributed by atoms with Crippen molar-refractivity contribution in [2.75, 3.05) is 50.9 Å². The van der Waals surface area contributed by atoms with Gasteiger partial charge in [0.05, 0.1) is 49.8 Å². The lowest BCUT2D eigenvalue weighted by Crippen LogP contribution is -2.49. The normalized spacial score (nSPS) is 21.0. The maximum Gasteiger partial charge on any atom is 0.419 e. The zero-order valence-electron chi connectivity index (χ0n) is 17.9. The van der Waals surface area contributed by atoms with Crippen LogP contribution in [0.5, 0.6) is 0 Å². The van der Waals surface area contributed by atoms with Crippen molar-refractivity contribution in [3.05, 3.63) is 18.0 Å². The molecule has 3 rings (SSSR count). The topological polar surface area (TPSA) is 133 Å². The van der Waals surface area contributed by atoms with Gasteiger partial charge >= 0.3 is 6.18 Å². The number of aromatic nitrogens is 2. The Balaban J connectivity index is 1.39. The highest BCUT2D eigenvalue weighted by atomic mass is 79.9. The third-order valence-corrected chi connectivity index (χ3v) is 5.94. The number of aliphatic hydroxyl groups excluding tert-OH is 1. The Kier molecular flexibility index (Phi) is 8.90. The van der Waals surface area contributed by atoms with E-state index in [-0.39, 0.29) is 44.0 Å². The molecule has 0 aliphatic carbocycles. The fraction of sp³-hybridized carbons (Fsp3) is 0.579. The van der Waals surface area contributed by atoms with Gasteiger partial charge in [0.1, 0.15) is 4.83 Å². The number of amides is 2. The number of anilines is 1. The summed E-state index contributed by atoms with van der Waals surface area (Å²) in [7, 11) is 0. The Morgan fingerprint density at radius 3 is 2.59 bits per heavy atom. The van der Waals surface area contributed by atoms with E-state index in [0.29, 0.717) is 31.9 Å². The predicted molar refractivity (Wildman–Crippen MR) is 119 cm³/mol. The van der Waals surface area contributed by atoms with Crippen molar-refractivity contribution in [1.29, 1.82) is 0 Å². The van der Waals surface area contributed by atoms with Crippen LogP contribution < -0.4 is 10.3 Å². The van der Waals surface area contributed by atoms with Gasteiger partial charge in [0.15, 0.2) is 0 Å². The van der Waals surface area contributed by atoms with E-state index in [9.17, 15) is 27.9 Å². The number of aliphatic imine (C=N–C) groups is 1. The molecule has 1 aromatic rings. The molecule has 1 unspecified atom stereocenters. The van der Waals surface area contributed by atoms with Gasteiger partial charge in [-0.25, -0.2) is 15.4 Å². The summed E-state index contributed by atoms with van der Waals surface area (Å²) < 4.78 is 43.4. The summed E-state index contributed by atoms with van der Waals surface area (Å²) in [5.74, 6) is -0.308. The second-order valence-corrected chi connectivity index (χ2v) is 8.37. The van der Waals surface area contributed by atoms with E-state index in [4.69, 9.17) is 4.74 Å². The second kappa shape index (κ2) is 11.7. The van der Waals surface area contributed by atoms with E-state index in [2.05, 4.69) is 41.4 Å². The van der Waals surface area contributed by atoms with Crippen molar-refractivity contribution in [2.45, 2.75) is 23.5 Å². The number of hydrogen-bond acceptors (Lipinski definition) is 9. The van der Waals surface area contributed by atoms with Crippen molar-refractivity contribution >= 4 is 45.6 Å². The number of nitrogens with zero attached hydrogens (tertiary/aromatic N) is 6. The zero-order valence-corrected chi connectivity index (χ0v) is 19.5. The monoisotopic (exact) mass is 549 g/mol. The van der Waals surface area contributed by atoms with Gasteiger partial charge in [0.2, 0.25) is 11.9 Å². The number of hydrazone groups is 1. The summed E-state index contributed by atoms with van der Waals surface area (Å²) in [6.45, 7) is 1.42. The molecule has 0 saturated carbocycles. The van der Waals surface area contributed by atoms with E-state index >= 15 is 0 Å². The number of nitrogens with one attached hydrogen (secondary N) is 1. The molecule has 2 aliphatic heterocycles. The quantitative estimate of drug-likeness (QED) is 0.350. The van der Waals surface area contributed by atoms with Gasteiger partial charge in [-0.05, 0) is 0 Å². The van der Waals surface area contributed by atoms with Crippen molar-refractivity contribution in [1.82, 2.24) is 20.3 Å². The van der Waals surface area contributed by atoms with Gasteiger partial charge in [-0.2, -0.15) is 18.3 Å². The molecule has 2 atom stereocenters. The van der Waals surface area contributed by atoms with Crippen molar-refractivity contribution in [2.24, 2.45) is 10.1 Å². The molecule has 1 saturated heterocycles. The lowest BCUT2D eigenvalue weighted by atomic mass is 10.2. The molecule has 186 valence electrons. The van der Waals surface area contributed by atoms with E-state index in [1.807, 2.05) is 0 Å². The number of aliphatic hydroxyl groups is 1. The lowest BCUT2D eigenvalue weighted by molar-refractivity contribution is -0.138. The Bertz CT molecular complexity index is 921. The Morgan fingerprint density at radius 1 is 1.29 bits per heavy atom. The number of carbonyl (C=O) groups excluding carboxylic acids is 2. The van der Waals surface area contributed by atoms with Crippen LogP contribution in [0.1, 0.15) is 12.0 Å². The van der Waals surface area contributed by atoms with Crippen molar-refractivity contribution in [3.8, 4) is 0 Å². The maximum atomic E-state index is 12.6. The zero-order chi connectivity index (χ0) is 24.7. The molecular formula is C19H23BrF3N7O4. The molecule has 2 amide bonds. The number of rotatable bonds is 8. The molecule has 2 N–H and O–H groups in total. The second-order valence-electron chi connectivity index (χ2n) is 7.45. The summed E-state index contributed by atoms with van der Waals surface area (Å²) in [4.78, 5) is 38.5. The van der Waals surface area contributed by atoms with Crippen LogP contribution in [0.4, 0.5) is 19.1 Å². The molecule has 15 heteroatoms. The molecule has 2 aliphatic rings. The van der Waals surface area contributed by atoms with Gasteiger partial charge in [-0.15, -0.1) is 0 Å². The Morgan fingerprint density at radius 2 is 1.97 bits per heavy atom. The lowest BCUT2D eigenvalue weighted by Gasteiger charge is -2.34. The first-order valence-corrected chi connectivity index (χ1v) is 11.3. The fourth-order valence-electron chi connectivity index (χ4n) is 3.18. The Hall–Kier alpha value is -2.65. The minimum absolute atomic E-state index is 0.0570. The van der Waals surface area contributed by atoms with Crippen LogP contribution in [0.25, 0.3) is 0 Å². The van der Waals surface area contributed by atoms with Crippen LogP contribution in [0.2, 0.25) is 0 Å². The maximum absolute atomic E-state index is 12.6. The van der Waals surface area contributed by atoms with Crippen molar-refractivity contribution < 1.29 is 32.6 Å². The van der Waals surface area contributed by atoms with Gasteiger partial charge in [0.25, 0.3) is 5.91 Å². The van der Waals surface area contributed by atoms with Crippen LogP contribution in [-0.2, 0) is 20.5 Å². The molecule has 11 nitrogen and oxygen atoms in total. The van der Waals surface area contributed by atoms with Crippen LogP contribution in [-0.4, -0.2) is 101 Å². The fourth-order valence-corrected chi connectivity index (χ4v) is 3.52. The van der Waals surface area contributed by atoms with Crippen LogP contribution >= 0.6 is 15.9 Å². The highest BCUT2D eigenvalue weighted by Gasteiger charge is 2.32. The van der Waals surface area contributed by atoms with Crippen LogP contribution in [0.3, 0.4) is 0 Å². The molecule has 34 heavy (non-hydrogen) atoms. The third-order valence-electron chi connectivity index (χ3n) is 5.06. The van der Waals surface area contributed by atoms with E-state index in [1.165, 1.54) is 6.21 Å². The largest absolute Gasteiger partial charge is 0.419 e. The number of ether oxygens (including phenoxy) is 1. The molecule has 0 radical (unpaired) electrons. The smallest absolute Gasteiger partial charge is 0.394 e.